The molecule has 0 amide bonds. The van der Waals surface area contributed by atoms with Crippen LogP contribution in [0, 0.1) is 11.3 Å². The summed E-state index contributed by atoms with van der Waals surface area (Å²) in [5, 5.41) is 13.1. The Hall–Kier alpha value is -3.23. The van der Waals surface area contributed by atoms with Gasteiger partial charge in [0.15, 0.2) is 0 Å². The lowest BCUT2D eigenvalue weighted by Crippen LogP contribution is -2.54. The first kappa shape index (κ1) is 19.1. The molecule has 0 saturated carbocycles. The van der Waals surface area contributed by atoms with E-state index >= 15 is 0 Å². The van der Waals surface area contributed by atoms with E-state index in [-0.39, 0.29) is 6.04 Å². The molecule has 2 aliphatic rings. The third-order valence-corrected chi connectivity index (χ3v) is 5.89. The minimum Gasteiger partial charge on any atom is -0.358 e. The summed E-state index contributed by atoms with van der Waals surface area (Å²) in [6.07, 6.45) is 8.80. The number of piperidine rings is 1. The second kappa shape index (κ2) is 8.02. The Balaban J connectivity index is 1.91. The number of nitrogens with zero attached hydrogens (tertiary/aromatic N) is 3. The highest BCUT2D eigenvalue weighted by Gasteiger charge is 2.42. The molecule has 146 valence electrons. The molecule has 1 unspecified atom stereocenters. The van der Waals surface area contributed by atoms with Crippen molar-refractivity contribution >= 4 is 17.4 Å². The van der Waals surface area contributed by atoms with Gasteiger partial charge in [0.2, 0.25) is 0 Å². The number of hydrogen-bond acceptors (Lipinski definition) is 5. The van der Waals surface area contributed by atoms with Crippen molar-refractivity contribution in [3.05, 3.63) is 77.8 Å². The molecule has 1 N–H and O–H groups in total. The number of aldehydes is 1. The van der Waals surface area contributed by atoms with Crippen LogP contribution in [0.4, 0.5) is 0 Å². The molecule has 0 bridgehead atoms. The summed E-state index contributed by atoms with van der Waals surface area (Å²) in [6, 6.07) is 15.8. The topological polar surface area (TPSA) is 69.0 Å². The first-order chi connectivity index (χ1) is 14.2. The van der Waals surface area contributed by atoms with Crippen LogP contribution in [-0.2, 0) is 4.79 Å². The van der Waals surface area contributed by atoms with Crippen molar-refractivity contribution in [1.29, 1.82) is 5.26 Å². The number of aromatic nitrogens is 1. The largest absolute Gasteiger partial charge is 0.358 e. The Labute approximate surface area is 171 Å². The first-order valence-corrected chi connectivity index (χ1v) is 9.98. The average Bonchev–Trinajstić information content (AvgIpc) is 2.80. The molecule has 1 aromatic heterocycles. The quantitative estimate of drug-likeness (QED) is 0.818. The molecule has 4 rings (SSSR count). The molecule has 0 radical (unpaired) electrons. The highest BCUT2D eigenvalue weighted by atomic mass is 16.1. The number of benzene rings is 1. The molecule has 1 fully saturated rings. The van der Waals surface area contributed by atoms with Crippen LogP contribution in [0.3, 0.4) is 0 Å². The number of hydrogen-bond donors (Lipinski definition) is 1. The van der Waals surface area contributed by atoms with Gasteiger partial charge in [0.1, 0.15) is 11.8 Å². The summed E-state index contributed by atoms with van der Waals surface area (Å²) in [5.41, 5.74) is 3.15. The zero-order valence-electron chi connectivity index (χ0n) is 16.5. The van der Waals surface area contributed by atoms with Crippen LogP contribution in [0.5, 0.6) is 0 Å². The predicted octanol–water partition coefficient (Wildman–Crippen LogP) is 3.40. The van der Waals surface area contributed by atoms with Crippen molar-refractivity contribution in [2.45, 2.75) is 31.3 Å². The van der Waals surface area contributed by atoms with Gasteiger partial charge < -0.3 is 15.0 Å². The standard InChI is InChI=1S/C24H24N4O/c1-24(17-29)22(21-7-3-2-6-18(21)15-25)14-19(23-8-4-5-11-27-23)16-28(24)20-9-12-26-13-10-20/h2-8,11,14,16-17,20,26H,9-10,12-13H2,1H3. The van der Waals surface area contributed by atoms with Crippen LogP contribution in [0.15, 0.2) is 60.9 Å². The number of carbonyl (C=O) groups is 1. The summed E-state index contributed by atoms with van der Waals surface area (Å²) in [5.74, 6) is 0. The molecule has 29 heavy (non-hydrogen) atoms. The molecular formula is C24H24N4O. The second-order valence-electron chi connectivity index (χ2n) is 7.67. The van der Waals surface area contributed by atoms with Crippen molar-refractivity contribution in [2.75, 3.05) is 13.1 Å². The zero-order chi connectivity index (χ0) is 20.3. The zero-order valence-corrected chi connectivity index (χ0v) is 16.5. The maximum absolute atomic E-state index is 12.5. The molecular weight excluding hydrogens is 360 g/mol. The SMILES string of the molecule is CC1(C=O)C(c2ccccc2C#N)=CC(c2ccccn2)=CN1C1CCNCC1. The normalized spacial score (nSPS) is 22.4. The molecule has 1 aromatic carbocycles. The maximum Gasteiger partial charge on any atom is 0.149 e. The van der Waals surface area contributed by atoms with Crippen LogP contribution in [-0.4, -0.2) is 40.8 Å². The van der Waals surface area contributed by atoms with Gasteiger partial charge in [-0.05, 0) is 68.3 Å². The molecule has 2 aliphatic heterocycles. The Morgan fingerprint density at radius 2 is 1.97 bits per heavy atom. The number of nitrogens with one attached hydrogen (secondary N) is 1. The third-order valence-electron chi connectivity index (χ3n) is 5.89. The van der Waals surface area contributed by atoms with Crippen molar-refractivity contribution < 1.29 is 4.79 Å². The summed E-state index contributed by atoms with van der Waals surface area (Å²) < 4.78 is 0. The molecule has 5 nitrogen and oxygen atoms in total. The molecule has 0 spiro atoms. The molecule has 1 atom stereocenters. The van der Waals surface area contributed by atoms with Crippen LogP contribution >= 0.6 is 0 Å². The van der Waals surface area contributed by atoms with E-state index in [0.717, 1.165) is 54.6 Å². The van der Waals surface area contributed by atoms with Gasteiger partial charge in [-0.2, -0.15) is 5.26 Å². The van der Waals surface area contributed by atoms with E-state index in [1.54, 1.807) is 12.3 Å². The van der Waals surface area contributed by atoms with Crippen molar-refractivity contribution in [3.8, 4) is 6.07 Å². The minimum absolute atomic E-state index is 0.239. The van der Waals surface area contributed by atoms with Gasteiger partial charge in [0, 0.05) is 24.0 Å². The predicted molar refractivity (Wildman–Crippen MR) is 114 cm³/mol. The van der Waals surface area contributed by atoms with Gasteiger partial charge in [0.25, 0.3) is 0 Å². The van der Waals surface area contributed by atoms with E-state index in [1.165, 1.54) is 0 Å². The highest BCUT2D eigenvalue weighted by Crippen LogP contribution is 2.41. The summed E-state index contributed by atoms with van der Waals surface area (Å²) in [4.78, 5) is 19.2. The average molecular weight is 384 g/mol. The fourth-order valence-corrected chi connectivity index (χ4v) is 4.30. The van der Waals surface area contributed by atoms with E-state index in [4.69, 9.17) is 0 Å². The van der Waals surface area contributed by atoms with Gasteiger partial charge in [0.05, 0.1) is 17.3 Å². The van der Waals surface area contributed by atoms with Crippen LogP contribution in [0.1, 0.15) is 36.6 Å². The van der Waals surface area contributed by atoms with E-state index in [9.17, 15) is 10.1 Å². The molecule has 3 heterocycles. The Bertz CT molecular complexity index is 999. The summed E-state index contributed by atoms with van der Waals surface area (Å²) in [7, 11) is 0. The van der Waals surface area contributed by atoms with Crippen LogP contribution < -0.4 is 5.32 Å². The lowest BCUT2D eigenvalue weighted by Gasteiger charge is -2.47. The summed E-state index contributed by atoms with van der Waals surface area (Å²) in [6.45, 7) is 3.81. The first-order valence-electron chi connectivity index (χ1n) is 9.98. The smallest absolute Gasteiger partial charge is 0.149 e. The lowest BCUT2D eigenvalue weighted by atomic mass is 9.79. The van der Waals surface area contributed by atoms with Gasteiger partial charge >= 0.3 is 0 Å². The van der Waals surface area contributed by atoms with Gasteiger partial charge in [-0.15, -0.1) is 0 Å². The van der Waals surface area contributed by atoms with Crippen molar-refractivity contribution in [2.24, 2.45) is 0 Å². The van der Waals surface area contributed by atoms with Crippen LogP contribution in [0.2, 0.25) is 0 Å². The molecule has 0 aliphatic carbocycles. The van der Waals surface area contributed by atoms with Gasteiger partial charge in [-0.25, -0.2) is 0 Å². The Morgan fingerprint density at radius 1 is 1.21 bits per heavy atom. The second-order valence-corrected chi connectivity index (χ2v) is 7.67. The monoisotopic (exact) mass is 384 g/mol. The Kier molecular flexibility index (Phi) is 5.28. The third kappa shape index (κ3) is 3.48. The van der Waals surface area contributed by atoms with E-state index in [1.807, 2.05) is 49.4 Å². The number of nitriles is 1. The van der Waals surface area contributed by atoms with Gasteiger partial charge in [-0.1, -0.05) is 24.3 Å². The van der Waals surface area contributed by atoms with E-state index < -0.39 is 5.54 Å². The van der Waals surface area contributed by atoms with E-state index in [2.05, 4.69) is 27.5 Å². The molecule has 5 heteroatoms. The Morgan fingerprint density at radius 3 is 2.66 bits per heavy atom. The van der Waals surface area contributed by atoms with Gasteiger partial charge in [-0.3, -0.25) is 4.98 Å². The molecule has 2 aromatic rings. The fraction of sp³-hybridized carbons (Fsp3) is 0.292. The highest BCUT2D eigenvalue weighted by molar-refractivity contribution is 5.98. The van der Waals surface area contributed by atoms with Crippen molar-refractivity contribution in [3.63, 3.8) is 0 Å². The number of pyridine rings is 1. The lowest BCUT2D eigenvalue weighted by molar-refractivity contribution is -0.114. The minimum atomic E-state index is -0.854. The molecule has 1 saturated heterocycles. The van der Waals surface area contributed by atoms with Crippen molar-refractivity contribution in [1.82, 2.24) is 15.2 Å². The number of rotatable bonds is 4. The van der Waals surface area contributed by atoms with Crippen LogP contribution in [0.25, 0.3) is 11.1 Å². The fourth-order valence-electron chi connectivity index (χ4n) is 4.30. The van der Waals surface area contributed by atoms with E-state index in [0.29, 0.717) is 5.56 Å². The number of allylic oxidation sites excluding steroid dienone is 2. The maximum atomic E-state index is 12.5. The summed E-state index contributed by atoms with van der Waals surface area (Å²) >= 11 is 0. The number of carbonyl (C=O) groups excluding carboxylic acids is 1.